The Balaban J connectivity index is 2.04. The van der Waals surface area contributed by atoms with E-state index in [9.17, 15) is 5.11 Å². The summed E-state index contributed by atoms with van der Waals surface area (Å²) in [5, 5.41) is 29.2. The van der Waals surface area contributed by atoms with Crippen molar-refractivity contribution in [2.75, 3.05) is 0 Å². The molecule has 1 unspecified atom stereocenters. The lowest BCUT2D eigenvalue weighted by molar-refractivity contribution is 0.168. The molecule has 0 bridgehead atoms. The smallest absolute Gasteiger partial charge is 0.172 e. The van der Waals surface area contributed by atoms with Crippen LogP contribution < -0.4 is 0 Å². The standard InChI is InChI=1S/C11H19N7O/c1-3-5-6-18-11(13-14-16-18)8-17-7-9(12-15-17)10(19)4-2/h7,10,19H,3-6,8H2,1-2H3. The Hall–Kier alpha value is -1.83. The zero-order valence-electron chi connectivity index (χ0n) is 11.3. The molecule has 8 heteroatoms. The second-order valence-electron chi connectivity index (χ2n) is 4.44. The molecule has 2 aromatic rings. The first-order chi connectivity index (χ1) is 9.24. The van der Waals surface area contributed by atoms with E-state index in [1.54, 1.807) is 15.6 Å². The van der Waals surface area contributed by atoms with Crippen LogP contribution in [0.15, 0.2) is 6.20 Å². The highest BCUT2D eigenvalue weighted by Crippen LogP contribution is 2.12. The van der Waals surface area contributed by atoms with Crippen LogP contribution in [0.25, 0.3) is 0 Å². The van der Waals surface area contributed by atoms with Gasteiger partial charge in [-0.2, -0.15) is 0 Å². The van der Waals surface area contributed by atoms with Crippen LogP contribution >= 0.6 is 0 Å². The molecule has 104 valence electrons. The van der Waals surface area contributed by atoms with E-state index in [1.807, 2.05) is 6.92 Å². The van der Waals surface area contributed by atoms with Crippen LogP contribution in [-0.4, -0.2) is 40.3 Å². The van der Waals surface area contributed by atoms with Crippen LogP contribution in [0, 0.1) is 0 Å². The maximum absolute atomic E-state index is 9.68. The van der Waals surface area contributed by atoms with Gasteiger partial charge in [-0.3, -0.25) is 0 Å². The maximum atomic E-state index is 9.68. The molecule has 1 N–H and O–H groups in total. The topological polar surface area (TPSA) is 94.5 Å². The van der Waals surface area contributed by atoms with Gasteiger partial charge in [0.2, 0.25) is 0 Å². The number of unbranched alkanes of at least 4 members (excludes halogenated alkanes) is 1. The minimum Gasteiger partial charge on any atom is -0.387 e. The van der Waals surface area contributed by atoms with Gasteiger partial charge in [0.15, 0.2) is 5.82 Å². The number of aromatic nitrogens is 7. The first-order valence-electron chi connectivity index (χ1n) is 6.57. The summed E-state index contributed by atoms with van der Waals surface area (Å²) in [6.45, 7) is 5.28. The molecule has 2 rings (SSSR count). The molecule has 2 aromatic heterocycles. The molecule has 0 saturated carbocycles. The van der Waals surface area contributed by atoms with Crippen LogP contribution in [0.4, 0.5) is 0 Å². The lowest BCUT2D eigenvalue weighted by Gasteiger charge is -2.03. The number of hydrogen-bond acceptors (Lipinski definition) is 6. The summed E-state index contributed by atoms with van der Waals surface area (Å²) in [5.74, 6) is 0.746. The van der Waals surface area contributed by atoms with Crippen molar-refractivity contribution in [2.24, 2.45) is 0 Å². The van der Waals surface area contributed by atoms with E-state index in [0.29, 0.717) is 18.7 Å². The highest BCUT2D eigenvalue weighted by atomic mass is 16.3. The number of tetrazole rings is 1. The Morgan fingerprint density at radius 1 is 1.26 bits per heavy atom. The van der Waals surface area contributed by atoms with E-state index in [1.165, 1.54) is 0 Å². The molecule has 0 radical (unpaired) electrons. The second kappa shape index (κ2) is 6.37. The highest BCUT2D eigenvalue weighted by Gasteiger charge is 2.12. The van der Waals surface area contributed by atoms with Crippen molar-refractivity contribution in [3.63, 3.8) is 0 Å². The molecule has 0 aliphatic carbocycles. The quantitative estimate of drug-likeness (QED) is 0.786. The summed E-state index contributed by atoms with van der Waals surface area (Å²) in [7, 11) is 0. The van der Waals surface area contributed by atoms with Crippen molar-refractivity contribution in [3.8, 4) is 0 Å². The molecular formula is C11H19N7O. The molecule has 0 aromatic carbocycles. The molecule has 0 saturated heterocycles. The monoisotopic (exact) mass is 265 g/mol. The second-order valence-corrected chi connectivity index (χ2v) is 4.44. The summed E-state index contributed by atoms with van der Waals surface area (Å²) in [5.41, 5.74) is 0.579. The summed E-state index contributed by atoms with van der Waals surface area (Å²) in [4.78, 5) is 0. The summed E-state index contributed by atoms with van der Waals surface area (Å²) >= 11 is 0. The summed E-state index contributed by atoms with van der Waals surface area (Å²) in [6.07, 6.45) is 3.91. The third-order valence-electron chi connectivity index (χ3n) is 2.92. The van der Waals surface area contributed by atoms with E-state index in [2.05, 4.69) is 32.8 Å². The normalized spacial score (nSPS) is 12.8. The predicted molar refractivity (Wildman–Crippen MR) is 67.1 cm³/mol. The van der Waals surface area contributed by atoms with Gasteiger partial charge in [0.05, 0.1) is 12.3 Å². The summed E-state index contributed by atoms with van der Waals surface area (Å²) < 4.78 is 3.42. The predicted octanol–water partition coefficient (Wildman–Crippen LogP) is 0.556. The molecule has 0 aliphatic heterocycles. The first-order valence-corrected chi connectivity index (χ1v) is 6.57. The number of aryl methyl sites for hydroxylation is 1. The fraction of sp³-hybridized carbons (Fsp3) is 0.727. The molecular weight excluding hydrogens is 246 g/mol. The van der Waals surface area contributed by atoms with Crippen LogP contribution in [-0.2, 0) is 13.1 Å². The SMILES string of the molecule is CCCCn1nnnc1Cn1cc(C(O)CC)nn1. The third kappa shape index (κ3) is 3.34. The Kier molecular flexibility index (Phi) is 4.56. The molecule has 8 nitrogen and oxygen atoms in total. The first kappa shape index (κ1) is 13.6. The van der Waals surface area contributed by atoms with Gasteiger partial charge in [0, 0.05) is 6.54 Å². The highest BCUT2D eigenvalue weighted by molar-refractivity contribution is 4.98. The number of rotatable bonds is 7. The van der Waals surface area contributed by atoms with E-state index in [4.69, 9.17) is 0 Å². The minimum atomic E-state index is -0.565. The van der Waals surface area contributed by atoms with Gasteiger partial charge in [0.1, 0.15) is 12.2 Å². The fourth-order valence-electron chi connectivity index (χ4n) is 1.72. The van der Waals surface area contributed by atoms with E-state index in [-0.39, 0.29) is 0 Å². The molecule has 0 fully saturated rings. The fourth-order valence-corrected chi connectivity index (χ4v) is 1.72. The summed E-state index contributed by atoms with van der Waals surface area (Å²) in [6, 6.07) is 0. The molecule has 0 aliphatic rings. The van der Waals surface area contributed by atoms with Gasteiger partial charge in [-0.1, -0.05) is 25.5 Å². The van der Waals surface area contributed by atoms with Crippen molar-refractivity contribution in [1.29, 1.82) is 0 Å². The minimum absolute atomic E-state index is 0.458. The van der Waals surface area contributed by atoms with Gasteiger partial charge in [-0.15, -0.1) is 10.2 Å². The molecule has 2 heterocycles. The molecule has 1 atom stereocenters. The number of hydrogen-bond donors (Lipinski definition) is 1. The van der Waals surface area contributed by atoms with Crippen molar-refractivity contribution in [3.05, 3.63) is 17.7 Å². The Bertz CT molecular complexity index is 507. The number of aliphatic hydroxyl groups excluding tert-OH is 1. The Morgan fingerprint density at radius 3 is 2.84 bits per heavy atom. The van der Waals surface area contributed by atoms with Crippen LogP contribution in [0.1, 0.15) is 50.7 Å². The van der Waals surface area contributed by atoms with Gasteiger partial charge >= 0.3 is 0 Å². The lowest BCUT2D eigenvalue weighted by atomic mass is 10.2. The van der Waals surface area contributed by atoms with Crippen molar-refractivity contribution >= 4 is 0 Å². The van der Waals surface area contributed by atoms with Crippen LogP contribution in [0.3, 0.4) is 0 Å². The lowest BCUT2D eigenvalue weighted by Crippen LogP contribution is -2.10. The van der Waals surface area contributed by atoms with Crippen molar-refractivity contribution in [2.45, 2.75) is 52.3 Å². The van der Waals surface area contributed by atoms with Gasteiger partial charge < -0.3 is 5.11 Å². The van der Waals surface area contributed by atoms with Crippen LogP contribution in [0.5, 0.6) is 0 Å². The van der Waals surface area contributed by atoms with E-state index in [0.717, 1.165) is 25.2 Å². The van der Waals surface area contributed by atoms with E-state index >= 15 is 0 Å². The number of aliphatic hydroxyl groups is 1. The number of nitrogens with zero attached hydrogens (tertiary/aromatic N) is 7. The third-order valence-corrected chi connectivity index (χ3v) is 2.92. The average molecular weight is 265 g/mol. The van der Waals surface area contributed by atoms with Crippen molar-refractivity contribution in [1.82, 2.24) is 35.2 Å². The van der Waals surface area contributed by atoms with Gasteiger partial charge in [-0.05, 0) is 23.3 Å². The molecule has 0 amide bonds. The average Bonchev–Trinajstić information content (AvgIpc) is 3.05. The van der Waals surface area contributed by atoms with Crippen molar-refractivity contribution < 1.29 is 5.11 Å². The van der Waals surface area contributed by atoms with Crippen LogP contribution in [0.2, 0.25) is 0 Å². The zero-order valence-corrected chi connectivity index (χ0v) is 11.3. The molecule has 19 heavy (non-hydrogen) atoms. The van der Waals surface area contributed by atoms with Gasteiger partial charge in [0.25, 0.3) is 0 Å². The Morgan fingerprint density at radius 2 is 2.11 bits per heavy atom. The van der Waals surface area contributed by atoms with Gasteiger partial charge in [-0.25, -0.2) is 9.36 Å². The van der Waals surface area contributed by atoms with E-state index < -0.39 is 6.10 Å². The molecule has 0 spiro atoms. The largest absolute Gasteiger partial charge is 0.387 e. The Labute approximate surface area is 111 Å². The maximum Gasteiger partial charge on any atom is 0.172 e. The zero-order chi connectivity index (χ0) is 13.7.